The Labute approximate surface area is 177 Å². The average Bonchev–Trinajstić information content (AvgIpc) is 2.95. The molecule has 1 amide bonds. The molecule has 1 aliphatic rings. The van der Waals surface area contributed by atoms with Gasteiger partial charge in [0.05, 0.1) is 17.5 Å². The number of carbonyl (C=O) groups is 1. The third-order valence-electron chi connectivity index (χ3n) is 5.16. The second kappa shape index (κ2) is 9.98. The topological polar surface area (TPSA) is 109 Å². The first-order chi connectivity index (χ1) is 14.0. The first-order valence-electron chi connectivity index (χ1n) is 9.84. The van der Waals surface area contributed by atoms with Crippen LogP contribution in [-0.4, -0.2) is 37.9 Å². The lowest BCUT2D eigenvalue weighted by Gasteiger charge is -2.27. The molecule has 1 saturated carbocycles. The predicted molar refractivity (Wildman–Crippen MR) is 113 cm³/mol. The quantitative estimate of drug-likeness (QED) is 0.543. The molecule has 3 N–H and O–H groups in total. The van der Waals surface area contributed by atoms with E-state index < -0.39 is 11.2 Å². The molecule has 0 atom stereocenters. The van der Waals surface area contributed by atoms with E-state index in [1.807, 2.05) is 12.1 Å². The van der Waals surface area contributed by atoms with Gasteiger partial charge in [0.1, 0.15) is 11.0 Å². The third kappa shape index (κ3) is 6.11. The fraction of sp³-hybridized carbons (Fsp3) is 0.500. The highest BCUT2D eigenvalue weighted by atomic mass is 79.9. The van der Waals surface area contributed by atoms with Gasteiger partial charge in [0.15, 0.2) is 0 Å². The molecule has 29 heavy (non-hydrogen) atoms. The fourth-order valence-electron chi connectivity index (χ4n) is 3.42. The van der Waals surface area contributed by atoms with Gasteiger partial charge >= 0.3 is 0 Å². The van der Waals surface area contributed by atoms with Gasteiger partial charge in [-0.3, -0.25) is 14.6 Å². The Kier molecular flexibility index (Phi) is 7.38. The van der Waals surface area contributed by atoms with Crippen molar-refractivity contribution in [2.24, 2.45) is 0 Å². The molecular formula is C20H26BrN5O3. The summed E-state index contributed by atoms with van der Waals surface area (Å²) in [7, 11) is 0. The molecule has 2 aromatic heterocycles. The zero-order chi connectivity index (χ0) is 20.7. The van der Waals surface area contributed by atoms with Crippen LogP contribution < -0.4 is 16.2 Å². The van der Waals surface area contributed by atoms with E-state index in [-0.39, 0.29) is 12.5 Å². The summed E-state index contributed by atoms with van der Waals surface area (Å²) in [6.45, 7) is 0.547. The van der Waals surface area contributed by atoms with E-state index in [1.54, 1.807) is 12.4 Å². The van der Waals surface area contributed by atoms with Crippen molar-refractivity contribution in [2.75, 3.05) is 11.9 Å². The van der Waals surface area contributed by atoms with Crippen molar-refractivity contribution in [1.82, 2.24) is 20.1 Å². The zero-order valence-corrected chi connectivity index (χ0v) is 17.8. The summed E-state index contributed by atoms with van der Waals surface area (Å²) in [6.07, 6.45) is 10.6. The number of hydrogen-bond acceptors (Lipinski definition) is 6. The van der Waals surface area contributed by atoms with Gasteiger partial charge < -0.3 is 15.7 Å². The van der Waals surface area contributed by atoms with Gasteiger partial charge in [0.2, 0.25) is 5.91 Å². The maximum absolute atomic E-state index is 12.5. The van der Waals surface area contributed by atoms with E-state index in [0.29, 0.717) is 23.2 Å². The molecule has 0 unspecified atom stereocenters. The molecule has 0 spiro atoms. The van der Waals surface area contributed by atoms with E-state index >= 15 is 0 Å². The highest BCUT2D eigenvalue weighted by Crippen LogP contribution is 2.28. The van der Waals surface area contributed by atoms with Crippen molar-refractivity contribution in [3.63, 3.8) is 0 Å². The Bertz CT molecular complexity index is 879. The van der Waals surface area contributed by atoms with Crippen molar-refractivity contribution in [3.8, 4) is 0 Å². The molecule has 8 nitrogen and oxygen atoms in total. The number of rotatable bonds is 7. The van der Waals surface area contributed by atoms with Gasteiger partial charge in [-0.2, -0.15) is 5.10 Å². The van der Waals surface area contributed by atoms with Gasteiger partial charge in [0, 0.05) is 25.5 Å². The molecule has 0 bridgehead atoms. The number of halogens is 1. The van der Waals surface area contributed by atoms with Crippen LogP contribution in [0.2, 0.25) is 0 Å². The molecule has 0 aromatic carbocycles. The number of amides is 1. The molecule has 0 aliphatic heterocycles. The number of aliphatic hydroxyl groups is 1. The summed E-state index contributed by atoms with van der Waals surface area (Å²) in [4.78, 5) is 28.6. The third-order valence-corrected chi connectivity index (χ3v) is 5.93. The van der Waals surface area contributed by atoms with Crippen LogP contribution in [0.1, 0.15) is 44.1 Å². The van der Waals surface area contributed by atoms with E-state index in [1.165, 1.54) is 6.20 Å². The number of aromatic nitrogens is 3. The van der Waals surface area contributed by atoms with Crippen LogP contribution in [0, 0.1) is 0 Å². The second-order valence-electron chi connectivity index (χ2n) is 7.46. The molecule has 0 saturated heterocycles. The molecule has 9 heteroatoms. The standard InChI is InChI=1S/C20H26BrN5O3/c21-18-16(24-14-20(29)7-3-1-2-4-8-20)12-25-26(19(18)28)13-17(27)23-11-15-5-9-22-10-6-15/h5-6,9-10,12,24,29H,1-4,7-8,11,13-14H2,(H,23,27). The largest absolute Gasteiger partial charge is 0.388 e. The van der Waals surface area contributed by atoms with Gasteiger partial charge in [-0.1, -0.05) is 25.7 Å². The number of anilines is 1. The lowest BCUT2D eigenvalue weighted by molar-refractivity contribution is -0.122. The summed E-state index contributed by atoms with van der Waals surface area (Å²) in [5.41, 5.74) is 0.270. The molecule has 2 aromatic rings. The molecular weight excluding hydrogens is 438 g/mol. The maximum atomic E-state index is 12.5. The Morgan fingerprint density at radius 1 is 1.21 bits per heavy atom. The Morgan fingerprint density at radius 2 is 1.90 bits per heavy atom. The average molecular weight is 464 g/mol. The monoisotopic (exact) mass is 463 g/mol. The van der Waals surface area contributed by atoms with Crippen LogP contribution in [0.25, 0.3) is 0 Å². The lowest BCUT2D eigenvalue weighted by Crippen LogP contribution is -2.37. The van der Waals surface area contributed by atoms with Crippen LogP contribution in [0.15, 0.2) is 40.0 Å². The number of carbonyl (C=O) groups excluding carboxylic acids is 1. The van der Waals surface area contributed by atoms with Crippen molar-refractivity contribution in [3.05, 3.63) is 51.1 Å². The Hall–Kier alpha value is -2.26. The minimum atomic E-state index is -0.766. The lowest BCUT2D eigenvalue weighted by atomic mass is 9.94. The summed E-state index contributed by atoms with van der Waals surface area (Å²) in [5, 5.41) is 20.8. The summed E-state index contributed by atoms with van der Waals surface area (Å²) < 4.78 is 1.41. The summed E-state index contributed by atoms with van der Waals surface area (Å²) in [5.74, 6) is -0.309. The van der Waals surface area contributed by atoms with Gasteiger partial charge in [-0.05, 0) is 46.5 Å². The number of hydrogen-bond donors (Lipinski definition) is 3. The van der Waals surface area contributed by atoms with Crippen molar-refractivity contribution < 1.29 is 9.90 Å². The molecule has 156 valence electrons. The van der Waals surface area contributed by atoms with Crippen LogP contribution in [0.3, 0.4) is 0 Å². The highest BCUT2D eigenvalue weighted by Gasteiger charge is 2.28. The van der Waals surface area contributed by atoms with Crippen molar-refractivity contribution >= 4 is 27.5 Å². The van der Waals surface area contributed by atoms with Crippen molar-refractivity contribution in [1.29, 1.82) is 0 Å². The van der Waals surface area contributed by atoms with Gasteiger partial charge in [0.25, 0.3) is 5.56 Å². The number of nitrogens with one attached hydrogen (secondary N) is 2. The normalized spacial score (nSPS) is 16.1. The van der Waals surface area contributed by atoms with Crippen LogP contribution >= 0.6 is 15.9 Å². The summed E-state index contributed by atoms with van der Waals surface area (Å²) in [6, 6.07) is 3.62. The smallest absolute Gasteiger partial charge is 0.283 e. The second-order valence-corrected chi connectivity index (χ2v) is 8.25. The number of nitrogens with zero attached hydrogens (tertiary/aromatic N) is 3. The Balaban J connectivity index is 1.58. The maximum Gasteiger partial charge on any atom is 0.283 e. The summed E-state index contributed by atoms with van der Waals surface area (Å²) >= 11 is 3.30. The molecule has 0 radical (unpaired) electrons. The first-order valence-corrected chi connectivity index (χ1v) is 10.6. The fourth-order valence-corrected chi connectivity index (χ4v) is 3.86. The van der Waals surface area contributed by atoms with Gasteiger partial charge in [-0.25, -0.2) is 4.68 Å². The van der Waals surface area contributed by atoms with E-state index in [9.17, 15) is 14.7 Å². The number of pyridine rings is 1. The van der Waals surface area contributed by atoms with E-state index in [0.717, 1.165) is 48.8 Å². The van der Waals surface area contributed by atoms with Crippen LogP contribution in [0.4, 0.5) is 5.69 Å². The first kappa shape index (κ1) is 21.4. The Morgan fingerprint density at radius 3 is 2.59 bits per heavy atom. The van der Waals surface area contributed by atoms with E-state index in [4.69, 9.17) is 0 Å². The minimum absolute atomic E-state index is 0.174. The zero-order valence-electron chi connectivity index (χ0n) is 16.2. The predicted octanol–water partition coefficient (Wildman–Crippen LogP) is 2.21. The minimum Gasteiger partial charge on any atom is -0.388 e. The molecule has 1 aliphatic carbocycles. The molecule has 2 heterocycles. The SMILES string of the molecule is O=C(Cn1ncc(NCC2(O)CCCCCC2)c(Br)c1=O)NCc1ccncc1. The molecule has 3 rings (SSSR count). The molecule has 1 fully saturated rings. The van der Waals surface area contributed by atoms with Crippen LogP contribution in [-0.2, 0) is 17.9 Å². The highest BCUT2D eigenvalue weighted by molar-refractivity contribution is 9.10. The van der Waals surface area contributed by atoms with Gasteiger partial charge in [-0.15, -0.1) is 0 Å². The van der Waals surface area contributed by atoms with Crippen molar-refractivity contribution in [2.45, 2.75) is 57.2 Å². The van der Waals surface area contributed by atoms with E-state index in [2.05, 4.69) is 36.6 Å². The van der Waals surface area contributed by atoms with Crippen LogP contribution in [0.5, 0.6) is 0 Å².